The molecular weight excluding hydrogens is 252 g/mol. The van der Waals surface area contributed by atoms with Gasteiger partial charge in [-0.05, 0) is 6.92 Å². The summed E-state index contributed by atoms with van der Waals surface area (Å²) in [6.07, 6.45) is 0.818. The fourth-order valence-corrected chi connectivity index (χ4v) is 1.87. The molecule has 1 fully saturated rings. The summed E-state index contributed by atoms with van der Waals surface area (Å²) in [6, 6.07) is 0. The minimum absolute atomic E-state index is 0.173. The first-order valence-corrected chi connectivity index (χ1v) is 4.10. The van der Waals surface area contributed by atoms with Crippen LogP contribution in [0.4, 0.5) is 0 Å². The molecule has 0 amide bonds. The molecule has 1 saturated carbocycles. The Morgan fingerprint density at radius 2 is 2.11 bits per heavy atom. The van der Waals surface area contributed by atoms with Gasteiger partial charge in [0, 0.05) is 6.42 Å². The fourth-order valence-electron chi connectivity index (χ4n) is 0.614. The summed E-state index contributed by atoms with van der Waals surface area (Å²) >= 11 is 6.68. The van der Waals surface area contributed by atoms with Gasteiger partial charge in [-0.25, -0.2) is 0 Å². The molecule has 2 nitrogen and oxygen atoms in total. The summed E-state index contributed by atoms with van der Waals surface area (Å²) in [4.78, 5) is 9.88. The Hall–Kier alpha value is 0.430. The van der Waals surface area contributed by atoms with Crippen molar-refractivity contribution in [1.82, 2.24) is 0 Å². The molecule has 1 aliphatic carbocycles. The van der Waals surface area contributed by atoms with Crippen molar-refractivity contribution < 1.29 is 9.53 Å². The molecule has 0 aromatic rings. The molecule has 0 aromatic heterocycles. The Labute approximate surface area is 70.2 Å². The first kappa shape index (κ1) is 7.54. The van der Waals surface area contributed by atoms with Crippen LogP contribution < -0.4 is 0 Å². The highest BCUT2D eigenvalue weighted by Gasteiger charge is 2.64. The van der Waals surface area contributed by atoms with Crippen LogP contribution in [0.15, 0.2) is 0 Å². The van der Waals surface area contributed by atoms with Crippen molar-refractivity contribution in [3.63, 3.8) is 0 Å². The van der Waals surface area contributed by atoms with Crippen LogP contribution in [0.1, 0.15) is 13.3 Å². The molecule has 0 aromatic carbocycles. The summed E-state index contributed by atoms with van der Waals surface area (Å²) in [5.41, 5.74) is -0.339. The van der Waals surface area contributed by atoms with Gasteiger partial charge in [-0.15, -0.1) is 0 Å². The predicted molar refractivity (Wildman–Crippen MR) is 40.8 cm³/mol. The quantitative estimate of drug-likeness (QED) is 0.557. The molecule has 0 N–H and O–H groups in total. The van der Waals surface area contributed by atoms with Crippen molar-refractivity contribution in [2.45, 2.75) is 22.2 Å². The second-order valence-electron chi connectivity index (χ2n) is 2.33. The summed E-state index contributed by atoms with van der Waals surface area (Å²) in [7, 11) is 0. The van der Waals surface area contributed by atoms with E-state index in [1.165, 1.54) is 0 Å². The van der Waals surface area contributed by atoms with Gasteiger partial charge in [0.05, 0.1) is 0 Å². The van der Waals surface area contributed by atoms with E-state index in [0.29, 0.717) is 6.47 Å². The average Bonchev–Trinajstić information content (AvgIpc) is 2.07. The van der Waals surface area contributed by atoms with Crippen molar-refractivity contribution in [3.05, 3.63) is 0 Å². The lowest BCUT2D eigenvalue weighted by molar-refractivity contribution is -0.134. The summed E-state index contributed by atoms with van der Waals surface area (Å²) in [5, 5.41) is 0. The first-order chi connectivity index (χ1) is 4.02. The highest BCUT2D eigenvalue weighted by Crippen LogP contribution is 2.61. The molecule has 1 rings (SSSR count). The first-order valence-electron chi connectivity index (χ1n) is 2.51. The van der Waals surface area contributed by atoms with Gasteiger partial charge in [-0.2, -0.15) is 0 Å². The number of carbonyl (C=O) groups is 1. The molecule has 0 aliphatic heterocycles. The number of alkyl halides is 2. The van der Waals surface area contributed by atoms with E-state index in [2.05, 4.69) is 31.9 Å². The molecule has 1 unspecified atom stereocenters. The van der Waals surface area contributed by atoms with E-state index in [1.54, 1.807) is 0 Å². The molecule has 0 saturated heterocycles. The fraction of sp³-hybridized carbons (Fsp3) is 0.800. The highest BCUT2D eigenvalue weighted by molar-refractivity contribution is 9.25. The van der Waals surface area contributed by atoms with Gasteiger partial charge in [0.2, 0.25) is 0 Å². The zero-order valence-electron chi connectivity index (χ0n) is 4.86. The summed E-state index contributed by atoms with van der Waals surface area (Å²) < 4.78 is 4.61. The van der Waals surface area contributed by atoms with Gasteiger partial charge in [0.15, 0.2) is 0 Å². The van der Waals surface area contributed by atoms with E-state index in [1.807, 2.05) is 6.92 Å². The number of rotatable bonds is 2. The normalized spacial score (nSPS) is 37.7. The van der Waals surface area contributed by atoms with Crippen molar-refractivity contribution in [3.8, 4) is 0 Å². The Morgan fingerprint density at radius 1 is 1.67 bits per heavy atom. The molecule has 1 atom stereocenters. The molecule has 52 valence electrons. The average molecular weight is 258 g/mol. The van der Waals surface area contributed by atoms with Crippen molar-refractivity contribution in [2.75, 3.05) is 0 Å². The van der Waals surface area contributed by atoms with Crippen molar-refractivity contribution in [2.24, 2.45) is 0 Å². The van der Waals surface area contributed by atoms with Crippen LogP contribution in [0.3, 0.4) is 0 Å². The van der Waals surface area contributed by atoms with Gasteiger partial charge >= 0.3 is 0 Å². The predicted octanol–water partition coefficient (Wildman–Crippen LogP) is 1.81. The van der Waals surface area contributed by atoms with Gasteiger partial charge in [-0.1, -0.05) is 31.9 Å². The van der Waals surface area contributed by atoms with Gasteiger partial charge in [0.25, 0.3) is 6.47 Å². The minimum atomic E-state index is -0.339. The zero-order chi connectivity index (χ0) is 7.12. The second kappa shape index (κ2) is 1.95. The summed E-state index contributed by atoms with van der Waals surface area (Å²) in [5.74, 6) is 0. The highest BCUT2D eigenvalue weighted by atomic mass is 79.9. The zero-order valence-corrected chi connectivity index (χ0v) is 8.03. The number of hydrogen-bond donors (Lipinski definition) is 0. The maximum absolute atomic E-state index is 9.88. The van der Waals surface area contributed by atoms with E-state index in [-0.39, 0.29) is 8.83 Å². The molecule has 0 spiro atoms. The maximum Gasteiger partial charge on any atom is 0.293 e. The number of hydrogen-bond acceptors (Lipinski definition) is 2. The molecular formula is C5H6Br2O2. The lowest BCUT2D eigenvalue weighted by atomic mass is 10.4. The third-order valence-corrected chi connectivity index (χ3v) is 3.75. The second-order valence-corrected chi connectivity index (χ2v) is 6.10. The number of halogens is 2. The Kier molecular flexibility index (Phi) is 1.64. The maximum atomic E-state index is 9.88. The topological polar surface area (TPSA) is 26.3 Å². The molecule has 4 heteroatoms. The third-order valence-electron chi connectivity index (χ3n) is 1.52. The Bertz CT molecular complexity index is 146. The lowest BCUT2D eigenvalue weighted by Gasteiger charge is -2.08. The van der Waals surface area contributed by atoms with E-state index >= 15 is 0 Å². The lowest BCUT2D eigenvalue weighted by Crippen LogP contribution is -2.14. The molecule has 1 aliphatic rings. The van der Waals surface area contributed by atoms with E-state index in [0.717, 1.165) is 6.42 Å². The Balaban J connectivity index is 2.52. The number of ether oxygens (including phenoxy) is 1. The molecule has 0 heterocycles. The number of carbonyl (C=O) groups excluding carboxylic acids is 1. The van der Waals surface area contributed by atoms with Crippen LogP contribution in [-0.2, 0) is 9.53 Å². The van der Waals surface area contributed by atoms with Crippen molar-refractivity contribution >= 4 is 38.3 Å². The van der Waals surface area contributed by atoms with E-state index in [9.17, 15) is 4.79 Å². The molecule has 0 radical (unpaired) electrons. The van der Waals surface area contributed by atoms with Crippen LogP contribution in [-0.4, -0.2) is 15.3 Å². The van der Waals surface area contributed by atoms with Crippen LogP contribution >= 0.6 is 31.9 Å². The van der Waals surface area contributed by atoms with Crippen LogP contribution in [0.2, 0.25) is 0 Å². The van der Waals surface area contributed by atoms with E-state index < -0.39 is 0 Å². The van der Waals surface area contributed by atoms with Gasteiger partial charge in [-0.3, -0.25) is 4.79 Å². The largest absolute Gasteiger partial charge is 0.459 e. The molecule has 0 bridgehead atoms. The van der Waals surface area contributed by atoms with E-state index in [4.69, 9.17) is 4.74 Å². The monoisotopic (exact) mass is 256 g/mol. The van der Waals surface area contributed by atoms with Gasteiger partial charge in [0.1, 0.15) is 8.83 Å². The van der Waals surface area contributed by atoms with Crippen LogP contribution in [0, 0.1) is 0 Å². The minimum Gasteiger partial charge on any atom is -0.459 e. The smallest absolute Gasteiger partial charge is 0.293 e. The van der Waals surface area contributed by atoms with Crippen LogP contribution in [0.5, 0.6) is 0 Å². The third kappa shape index (κ3) is 1.15. The van der Waals surface area contributed by atoms with Crippen molar-refractivity contribution in [1.29, 1.82) is 0 Å². The standard InChI is InChI=1S/C5H6Br2O2/c1-4(9-3-8)2-5(4,6)7/h3H,2H2,1H3. The summed E-state index contributed by atoms with van der Waals surface area (Å²) in [6.45, 7) is 2.34. The van der Waals surface area contributed by atoms with Gasteiger partial charge < -0.3 is 4.74 Å². The Morgan fingerprint density at radius 3 is 2.22 bits per heavy atom. The van der Waals surface area contributed by atoms with Crippen LogP contribution in [0.25, 0.3) is 0 Å². The SMILES string of the molecule is CC1(OC=O)CC1(Br)Br. The molecule has 9 heavy (non-hydrogen) atoms.